The van der Waals surface area contributed by atoms with E-state index < -0.39 is 0 Å². The number of hydrogen-bond donors (Lipinski definition) is 2. The Bertz CT molecular complexity index is 299. The molecule has 0 spiro atoms. The van der Waals surface area contributed by atoms with Gasteiger partial charge in [-0.2, -0.15) is 0 Å². The Morgan fingerprint density at radius 3 is 2.43 bits per heavy atom. The molecule has 0 radical (unpaired) electrons. The molecule has 14 heavy (non-hydrogen) atoms. The van der Waals surface area contributed by atoms with Crippen LogP contribution >= 0.6 is 0 Å². The van der Waals surface area contributed by atoms with Crippen LogP contribution in [0.4, 0.5) is 0 Å². The molecular formula is C12H20N2. The van der Waals surface area contributed by atoms with Crippen LogP contribution in [0, 0.1) is 5.41 Å². The van der Waals surface area contributed by atoms with E-state index in [1.54, 1.807) is 0 Å². The molecule has 2 heteroatoms. The molecule has 1 aromatic carbocycles. The van der Waals surface area contributed by atoms with Crippen molar-refractivity contribution in [3.63, 3.8) is 0 Å². The van der Waals surface area contributed by atoms with Crippen LogP contribution in [0.2, 0.25) is 0 Å². The first-order valence-electron chi connectivity index (χ1n) is 4.99. The Kier molecular flexibility index (Phi) is 3.29. The Morgan fingerprint density at radius 2 is 1.93 bits per heavy atom. The van der Waals surface area contributed by atoms with E-state index in [9.17, 15) is 0 Å². The van der Waals surface area contributed by atoms with Crippen molar-refractivity contribution in [2.45, 2.75) is 33.4 Å². The lowest BCUT2D eigenvalue weighted by Gasteiger charge is -2.27. The maximum Gasteiger partial charge on any atom is 0.0344 e. The summed E-state index contributed by atoms with van der Waals surface area (Å²) in [5.41, 5.74) is 14.1. The maximum absolute atomic E-state index is 6.15. The van der Waals surface area contributed by atoms with Crippen LogP contribution in [-0.2, 0) is 6.54 Å². The second kappa shape index (κ2) is 4.11. The molecule has 1 aromatic rings. The van der Waals surface area contributed by atoms with Gasteiger partial charge in [0, 0.05) is 12.6 Å². The summed E-state index contributed by atoms with van der Waals surface area (Å²) in [6, 6.07) is 8.27. The van der Waals surface area contributed by atoms with Gasteiger partial charge in [0.25, 0.3) is 0 Å². The fourth-order valence-electron chi connectivity index (χ4n) is 1.41. The van der Waals surface area contributed by atoms with Gasteiger partial charge in [-0.25, -0.2) is 0 Å². The molecule has 0 saturated carbocycles. The zero-order valence-electron chi connectivity index (χ0n) is 9.25. The largest absolute Gasteiger partial charge is 0.326 e. The van der Waals surface area contributed by atoms with E-state index in [1.807, 2.05) is 12.1 Å². The van der Waals surface area contributed by atoms with Crippen LogP contribution in [-0.4, -0.2) is 0 Å². The van der Waals surface area contributed by atoms with Crippen LogP contribution in [0.3, 0.4) is 0 Å². The molecule has 0 heterocycles. The normalized spacial score (nSPS) is 14.1. The lowest BCUT2D eigenvalue weighted by atomic mass is 9.83. The van der Waals surface area contributed by atoms with Crippen molar-refractivity contribution in [2.75, 3.05) is 0 Å². The average molecular weight is 192 g/mol. The minimum atomic E-state index is 0.0639. The van der Waals surface area contributed by atoms with E-state index in [2.05, 4.69) is 32.9 Å². The predicted molar refractivity (Wildman–Crippen MR) is 60.7 cm³/mol. The van der Waals surface area contributed by atoms with Crippen LogP contribution < -0.4 is 11.5 Å². The average Bonchev–Trinajstić information content (AvgIpc) is 2.15. The summed E-state index contributed by atoms with van der Waals surface area (Å²) in [5, 5.41) is 0. The third kappa shape index (κ3) is 2.56. The molecule has 0 aromatic heterocycles. The number of nitrogens with two attached hydrogens (primary N) is 2. The van der Waals surface area contributed by atoms with Crippen LogP contribution in [0.15, 0.2) is 24.3 Å². The van der Waals surface area contributed by atoms with Gasteiger partial charge < -0.3 is 11.5 Å². The summed E-state index contributed by atoms with van der Waals surface area (Å²) in [7, 11) is 0. The van der Waals surface area contributed by atoms with Crippen LogP contribution in [0.25, 0.3) is 0 Å². The van der Waals surface area contributed by atoms with Gasteiger partial charge in [0.2, 0.25) is 0 Å². The van der Waals surface area contributed by atoms with Crippen molar-refractivity contribution in [3.05, 3.63) is 35.4 Å². The van der Waals surface area contributed by atoms with E-state index in [4.69, 9.17) is 11.5 Å². The van der Waals surface area contributed by atoms with Crippen molar-refractivity contribution in [2.24, 2.45) is 16.9 Å². The second-order valence-corrected chi connectivity index (χ2v) is 4.79. The summed E-state index contributed by atoms with van der Waals surface area (Å²) < 4.78 is 0. The Labute approximate surface area is 86.3 Å². The standard InChI is InChI=1S/C12H20N2/c1-12(2,3)11(14)10-6-4-5-9(7-10)8-13/h4-7,11H,8,13-14H2,1-3H3. The van der Waals surface area contributed by atoms with E-state index in [0.29, 0.717) is 6.54 Å². The summed E-state index contributed by atoms with van der Waals surface area (Å²) in [6.07, 6.45) is 0. The van der Waals surface area contributed by atoms with Gasteiger partial charge in [-0.15, -0.1) is 0 Å². The fourth-order valence-corrected chi connectivity index (χ4v) is 1.41. The van der Waals surface area contributed by atoms with Crippen molar-refractivity contribution in [3.8, 4) is 0 Å². The summed E-state index contributed by atoms with van der Waals surface area (Å²) in [4.78, 5) is 0. The van der Waals surface area contributed by atoms with Gasteiger partial charge in [-0.05, 0) is 16.5 Å². The second-order valence-electron chi connectivity index (χ2n) is 4.79. The van der Waals surface area contributed by atoms with E-state index >= 15 is 0 Å². The molecule has 78 valence electrons. The monoisotopic (exact) mass is 192 g/mol. The lowest BCUT2D eigenvalue weighted by molar-refractivity contribution is 0.327. The highest BCUT2D eigenvalue weighted by Gasteiger charge is 2.21. The lowest BCUT2D eigenvalue weighted by Crippen LogP contribution is -2.26. The van der Waals surface area contributed by atoms with Gasteiger partial charge in [-0.1, -0.05) is 45.0 Å². The molecule has 1 rings (SSSR count). The SMILES string of the molecule is CC(C)(C)C(N)c1cccc(CN)c1. The number of benzene rings is 1. The predicted octanol–water partition coefficient (Wildman–Crippen LogP) is 2.19. The molecule has 1 unspecified atom stereocenters. The Morgan fingerprint density at radius 1 is 1.29 bits per heavy atom. The minimum Gasteiger partial charge on any atom is -0.326 e. The maximum atomic E-state index is 6.15. The fraction of sp³-hybridized carbons (Fsp3) is 0.500. The Balaban J connectivity index is 2.95. The molecule has 4 N–H and O–H groups in total. The molecule has 2 nitrogen and oxygen atoms in total. The van der Waals surface area contributed by atoms with Gasteiger partial charge in [0.15, 0.2) is 0 Å². The third-order valence-corrected chi connectivity index (χ3v) is 2.48. The van der Waals surface area contributed by atoms with Gasteiger partial charge in [-0.3, -0.25) is 0 Å². The van der Waals surface area contributed by atoms with Crippen molar-refractivity contribution >= 4 is 0 Å². The molecule has 0 fully saturated rings. The topological polar surface area (TPSA) is 52.0 Å². The van der Waals surface area contributed by atoms with Crippen molar-refractivity contribution in [1.29, 1.82) is 0 Å². The first-order valence-corrected chi connectivity index (χ1v) is 4.99. The molecule has 0 saturated heterocycles. The quantitative estimate of drug-likeness (QED) is 0.754. The van der Waals surface area contributed by atoms with Gasteiger partial charge in [0.05, 0.1) is 0 Å². The molecule has 0 aliphatic rings. The number of hydrogen-bond acceptors (Lipinski definition) is 2. The minimum absolute atomic E-state index is 0.0639. The summed E-state index contributed by atoms with van der Waals surface area (Å²) in [6.45, 7) is 7.01. The van der Waals surface area contributed by atoms with Crippen molar-refractivity contribution < 1.29 is 0 Å². The molecule has 0 amide bonds. The first-order chi connectivity index (χ1) is 6.45. The van der Waals surface area contributed by atoms with E-state index in [-0.39, 0.29) is 11.5 Å². The van der Waals surface area contributed by atoms with E-state index in [1.165, 1.54) is 5.56 Å². The smallest absolute Gasteiger partial charge is 0.0344 e. The highest BCUT2D eigenvalue weighted by molar-refractivity contribution is 5.26. The molecule has 1 atom stereocenters. The van der Waals surface area contributed by atoms with Crippen LogP contribution in [0.1, 0.15) is 37.9 Å². The molecule has 0 aliphatic carbocycles. The Hall–Kier alpha value is -0.860. The van der Waals surface area contributed by atoms with Crippen LogP contribution in [0.5, 0.6) is 0 Å². The molecular weight excluding hydrogens is 172 g/mol. The molecule has 0 aliphatic heterocycles. The summed E-state index contributed by atoms with van der Waals surface area (Å²) >= 11 is 0. The van der Waals surface area contributed by atoms with Crippen molar-refractivity contribution in [1.82, 2.24) is 0 Å². The first kappa shape index (κ1) is 11.2. The zero-order valence-corrected chi connectivity index (χ0v) is 9.25. The van der Waals surface area contributed by atoms with Gasteiger partial charge >= 0.3 is 0 Å². The summed E-state index contributed by atoms with van der Waals surface area (Å²) in [5.74, 6) is 0. The highest BCUT2D eigenvalue weighted by Crippen LogP contribution is 2.30. The zero-order chi connectivity index (χ0) is 10.8. The van der Waals surface area contributed by atoms with Gasteiger partial charge in [0.1, 0.15) is 0 Å². The third-order valence-electron chi connectivity index (χ3n) is 2.48. The molecule has 0 bridgehead atoms. The highest BCUT2D eigenvalue weighted by atomic mass is 14.7. The van der Waals surface area contributed by atoms with E-state index in [0.717, 1.165) is 5.56 Å². The number of rotatable bonds is 2.